The zero-order chi connectivity index (χ0) is 18.0. The quantitative estimate of drug-likeness (QED) is 0.885. The molecule has 1 aliphatic heterocycles. The highest BCUT2D eigenvalue weighted by atomic mass is 32.1. The molecule has 0 saturated carbocycles. The van der Waals surface area contributed by atoms with Crippen molar-refractivity contribution in [3.8, 4) is 0 Å². The van der Waals surface area contributed by atoms with E-state index in [9.17, 15) is 5.11 Å². The van der Waals surface area contributed by atoms with Crippen LogP contribution < -0.4 is 4.90 Å². The fraction of sp³-hybridized carbons (Fsp3) is 0.667. The van der Waals surface area contributed by atoms with Crippen LogP contribution in [0.5, 0.6) is 0 Å². The van der Waals surface area contributed by atoms with Gasteiger partial charge in [-0.05, 0) is 23.8 Å². The molecule has 0 radical (unpaired) electrons. The summed E-state index contributed by atoms with van der Waals surface area (Å²) in [5.41, 5.74) is -0.253. The van der Waals surface area contributed by atoms with Crippen LogP contribution in [0.1, 0.15) is 44.5 Å². The number of nitrogens with zero attached hydrogens (tertiary/aromatic N) is 5. The van der Waals surface area contributed by atoms with E-state index in [0.29, 0.717) is 5.82 Å². The van der Waals surface area contributed by atoms with Crippen molar-refractivity contribution < 1.29 is 5.11 Å². The van der Waals surface area contributed by atoms with Crippen molar-refractivity contribution in [3.05, 3.63) is 28.2 Å². The summed E-state index contributed by atoms with van der Waals surface area (Å²) in [5, 5.41) is 21.5. The molecule has 3 heterocycles. The van der Waals surface area contributed by atoms with E-state index in [2.05, 4.69) is 49.0 Å². The number of hydrogen-bond acceptors (Lipinski definition) is 6. The minimum atomic E-state index is -0.617. The standard InChI is InChI=1S/C18H29N5OS/c1-5-23-16(15(24)18(2,3)4)19-20-17(23)22-10-8-21(9-11-22)13-14-7-6-12-25-14/h6-7,12,15,24H,5,8-11,13H2,1-4H3. The Morgan fingerprint density at radius 3 is 2.48 bits per heavy atom. The van der Waals surface area contributed by atoms with E-state index in [0.717, 1.165) is 45.2 Å². The Kier molecular flexibility index (Phi) is 5.46. The highest BCUT2D eigenvalue weighted by molar-refractivity contribution is 7.09. The van der Waals surface area contributed by atoms with Gasteiger partial charge in [-0.15, -0.1) is 21.5 Å². The minimum absolute atomic E-state index is 0.253. The maximum absolute atomic E-state index is 10.6. The number of thiophene rings is 1. The van der Waals surface area contributed by atoms with E-state index < -0.39 is 6.10 Å². The van der Waals surface area contributed by atoms with Crippen molar-refractivity contribution in [2.45, 2.75) is 46.9 Å². The summed E-state index contributed by atoms with van der Waals surface area (Å²) >= 11 is 1.82. The van der Waals surface area contributed by atoms with Gasteiger partial charge in [-0.25, -0.2) is 0 Å². The molecule has 1 fully saturated rings. The fourth-order valence-electron chi connectivity index (χ4n) is 3.16. The topological polar surface area (TPSA) is 57.4 Å². The van der Waals surface area contributed by atoms with Crippen LogP contribution >= 0.6 is 11.3 Å². The van der Waals surface area contributed by atoms with E-state index in [4.69, 9.17) is 0 Å². The summed E-state index contributed by atoms with van der Waals surface area (Å²) in [6, 6.07) is 4.31. The second-order valence-corrected chi connectivity index (χ2v) is 8.75. The van der Waals surface area contributed by atoms with Gasteiger partial charge in [-0.2, -0.15) is 0 Å². The first-order valence-corrected chi connectivity index (χ1v) is 9.89. The van der Waals surface area contributed by atoms with Gasteiger partial charge in [0, 0.05) is 44.1 Å². The largest absolute Gasteiger partial charge is 0.385 e. The van der Waals surface area contributed by atoms with Gasteiger partial charge in [0.1, 0.15) is 6.10 Å². The number of rotatable bonds is 5. The van der Waals surface area contributed by atoms with Gasteiger partial charge in [0.25, 0.3) is 0 Å². The summed E-state index contributed by atoms with van der Waals surface area (Å²) in [4.78, 5) is 6.20. The second kappa shape index (κ2) is 7.43. The fourth-order valence-corrected chi connectivity index (χ4v) is 3.91. The Bertz CT molecular complexity index is 668. The number of anilines is 1. The van der Waals surface area contributed by atoms with E-state index in [1.807, 2.05) is 32.1 Å². The number of aliphatic hydroxyl groups excluding tert-OH is 1. The highest BCUT2D eigenvalue weighted by Gasteiger charge is 2.31. The Labute approximate surface area is 154 Å². The molecule has 1 atom stereocenters. The average Bonchev–Trinajstić information content (AvgIpc) is 3.23. The van der Waals surface area contributed by atoms with Crippen LogP contribution in [0.3, 0.4) is 0 Å². The maximum atomic E-state index is 10.6. The molecule has 1 aliphatic rings. The molecule has 6 nitrogen and oxygen atoms in total. The third-order valence-corrected chi connectivity index (χ3v) is 5.62. The molecule has 2 aromatic rings. The first-order valence-electron chi connectivity index (χ1n) is 9.01. The predicted molar refractivity (Wildman–Crippen MR) is 102 cm³/mol. The van der Waals surface area contributed by atoms with Crippen molar-refractivity contribution in [2.75, 3.05) is 31.1 Å². The van der Waals surface area contributed by atoms with Crippen molar-refractivity contribution >= 4 is 17.3 Å². The third kappa shape index (κ3) is 4.04. The number of aromatic nitrogens is 3. The van der Waals surface area contributed by atoms with Crippen molar-refractivity contribution in [1.29, 1.82) is 0 Å². The Morgan fingerprint density at radius 1 is 1.20 bits per heavy atom. The molecule has 2 aromatic heterocycles. The van der Waals surface area contributed by atoms with Crippen molar-refractivity contribution in [2.24, 2.45) is 5.41 Å². The molecule has 0 aromatic carbocycles. The maximum Gasteiger partial charge on any atom is 0.227 e. The van der Waals surface area contributed by atoms with E-state index in [1.54, 1.807) is 0 Å². The van der Waals surface area contributed by atoms with Crippen LogP contribution in [0.15, 0.2) is 17.5 Å². The summed E-state index contributed by atoms with van der Waals surface area (Å²) in [6.07, 6.45) is -0.617. The molecule has 0 bridgehead atoms. The molecule has 0 aliphatic carbocycles. The van der Waals surface area contributed by atoms with Gasteiger partial charge in [0.2, 0.25) is 5.95 Å². The van der Waals surface area contributed by atoms with E-state index in [1.165, 1.54) is 4.88 Å². The van der Waals surface area contributed by atoms with Crippen LogP contribution in [0.2, 0.25) is 0 Å². The summed E-state index contributed by atoms with van der Waals surface area (Å²) < 4.78 is 2.06. The minimum Gasteiger partial charge on any atom is -0.385 e. The highest BCUT2D eigenvalue weighted by Crippen LogP contribution is 2.33. The lowest BCUT2D eigenvalue weighted by Crippen LogP contribution is -2.46. The zero-order valence-electron chi connectivity index (χ0n) is 15.6. The molecular weight excluding hydrogens is 334 g/mol. The van der Waals surface area contributed by atoms with Crippen LogP contribution in [-0.2, 0) is 13.1 Å². The third-order valence-electron chi connectivity index (χ3n) is 4.76. The monoisotopic (exact) mass is 363 g/mol. The van der Waals surface area contributed by atoms with Gasteiger partial charge in [-0.1, -0.05) is 26.8 Å². The molecule has 25 heavy (non-hydrogen) atoms. The zero-order valence-corrected chi connectivity index (χ0v) is 16.5. The van der Waals surface area contributed by atoms with Crippen LogP contribution in [0.4, 0.5) is 5.95 Å². The summed E-state index contributed by atoms with van der Waals surface area (Å²) in [6.45, 7) is 13.9. The first kappa shape index (κ1) is 18.4. The Balaban J connectivity index is 1.68. The molecule has 0 spiro atoms. The van der Waals surface area contributed by atoms with E-state index in [-0.39, 0.29) is 5.41 Å². The average molecular weight is 364 g/mol. The van der Waals surface area contributed by atoms with Gasteiger partial charge >= 0.3 is 0 Å². The second-order valence-electron chi connectivity index (χ2n) is 7.71. The molecule has 0 amide bonds. The number of hydrogen-bond donors (Lipinski definition) is 1. The van der Waals surface area contributed by atoms with Crippen LogP contribution in [0.25, 0.3) is 0 Å². The number of piperazine rings is 1. The molecule has 7 heteroatoms. The first-order chi connectivity index (χ1) is 11.9. The lowest BCUT2D eigenvalue weighted by atomic mass is 9.88. The van der Waals surface area contributed by atoms with Gasteiger partial charge in [0.15, 0.2) is 5.82 Å². The molecule has 1 N–H and O–H groups in total. The molecular formula is C18H29N5OS. The molecule has 3 rings (SSSR count). The smallest absolute Gasteiger partial charge is 0.227 e. The van der Waals surface area contributed by atoms with Crippen LogP contribution in [0, 0.1) is 5.41 Å². The Hall–Kier alpha value is -1.44. The van der Waals surface area contributed by atoms with Gasteiger partial charge in [0.05, 0.1) is 0 Å². The van der Waals surface area contributed by atoms with Gasteiger partial charge in [-0.3, -0.25) is 9.47 Å². The SMILES string of the molecule is CCn1c(C(O)C(C)(C)C)nnc1N1CCN(Cc2cccs2)CC1. The Morgan fingerprint density at radius 2 is 1.92 bits per heavy atom. The lowest BCUT2D eigenvalue weighted by Gasteiger charge is -2.35. The van der Waals surface area contributed by atoms with Crippen LogP contribution in [-0.4, -0.2) is 50.9 Å². The van der Waals surface area contributed by atoms with Gasteiger partial charge < -0.3 is 10.0 Å². The van der Waals surface area contributed by atoms with Crippen molar-refractivity contribution in [3.63, 3.8) is 0 Å². The number of aliphatic hydroxyl groups is 1. The molecule has 1 unspecified atom stereocenters. The molecule has 1 saturated heterocycles. The summed E-state index contributed by atoms with van der Waals surface area (Å²) in [5.74, 6) is 1.56. The summed E-state index contributed by atoms with van der Waals surface area (Å²) in [7, 11) is 0. The molecule has 138 valence electrons. The van der Waals surface area contributed by atoms with Crippen molar-refractivity contribution in [1.82, 2.24) is 19.7 Å². The normalized spacial score (nSPS) is 17.9. The predicted octanol–water partition coefficient (Wildman–Crippen LogP) is 2.76. The lowest BCUT2D eigenvalue weighted by molar-refractivity contribution is 0.0516. The van der Waals surface area contributed by atoms with E-state index >= 15 is 0 Å².